The van der Waals surface area contributed by atoms with Gasteiger partial charge in [0, 0.05) is 24.7 Å². The Morgan fingerprint density at radius 3 is 2.29 bits per heavy atom. The SMILES string of the molecule is CCCNC(=O)CNC(=O)C[NH+](C)Cc1ccc(C(=O)NC)cc1. The second kappa shape index (κ2) is 10.4. The molecule has 0 bridgehead atoms. The number of amides is 3. The standard InChI is InChI=1S/C17H26N4O3/c1-4-9-19-15(22)10-20-16(23)12-21(3)11-13-5-7-14(8-6-13)17(24)18-2/h5-8H,4,9-12H2,1-3H3,(H,18,24)(H,19,22)(H,20,23)/p+1. The zero-order valence-corrected chi connectivity index (χ0v) is 14.6. The maximum Gasteiger partial charge on any atom is 0.275 e. The van der Waals surface area contributed by atoms with E-state index in [2.05, 4.69) is 16.0 Å². The van der Waals surface area contributed by atoms with Gasteiger partial charge in [-0.15, -0.1) is 0 Å². The fourth-order valence-electron chi connectivity index (χ4n) is 2.17. The second-order valence-corrected chi connectivity index (χ2v) is 5.71. The Morgan fingerprint density at radius 2 is 1.71 bits per heavy atom. The third kappa shape index (κ3) is 7.23. The van der Waals surface area contributed by atoms with Gasteiger partial charge in [-0.25, -0.2) is 0 Å². The van der Waals surface area contributed by atoms with E-state index in [-0.39, 0.29) is 30.8 Å². The van der Waals surface area contributed by atoms with E-state index in [4.69, 9.17) is 0 Å². The van der Waals surface area contributed by atoms with E-state index in [0.29, 0.717) is 18.7 Å². The first kappa shape index (κ1) is 19.6. The molecule has 0 spiro atoms. The molecule has 4 N–H and O–H groups in total. The number of quaternary nitrogens is 1. The highest BCUT2D eigenvalue weighted by atomic mass is 16.2. The summed E-state index contributed by atoms with van der Waals surface area (Å²) in [6, 6.07) is 7.29. The van der Waals surface area contributed by atoms with E-state index in [9.17, 15) is 14.4 Å². The van der Waals surface area contributed by atoms with Gasteiger partial charge in [0.15, 0.2) is 6.54 Å². The Hall–Kier alpha value is -2.41. The number of nitrogens with one attached hydrogen (secondary N) is 4. The van der Waals surface area contributed by atoms with Crippen LogP contribution in [0, 0.1) is 0 Å². The summed E-state index contributed by atoms with van der Waals surface area (Å²) < 4.78 is 0. The quantitative estimate of drug-likeness (QED) is 0.452. The predicted octanol–water partition coefficient (Wildman–Crippen LogP) is -1.30. The minimum absolute atomic E-state index is 0.00688. The molecule has 7 nitrogen and oxygen atoms in total. The second-order valence-electron chi connectivity index (χ2n) is 5.71. The molecule has 1 unspecified atom stereocenters. The molecule has 1 rings (SSSR count). The van der Waals surface area contributed by atoms with Gasteiger partial charge < -0.3 is 20.9 Å². The summed E-state index contributed by atoms with van der Waals surface area (Å²) >= 11 is 0. The Labute approximate surface area is 142 Å². The van der Waals surface area contributed by atoms with Crippen LogP contribution in [0.3, 0.4) is 0 Å². The molecule has 0 saturated carbocycles. The van der Waals surface area contributed by atoms with Gasteiger partial charge >= 0.3 is 0 Å². The molecule has 1 aromatic rings. The van der Waals surface area contributed by atoms with Gasteiger partial charge in [0.25, 0.3) is 11.8 Å². The first-order valence-corrected chi connectivity index (χ1v) is 8.12. The number of carbonyl (C=O) groups excluding carboxylic acids is 3. The molecule has 0 saturated heterocycles. The number of likely N-dealkylation sites (N-methyl/N-ethyl adjacent to an activating group) is 1. The van der Waals surface area contributed by atoms with Crippen molar-refractivity contribution < 1.29 is 19.3 Å². The molecular weight excluding hydrogens is 308 g/mol. The highest BCUT2D eigenvalue weighted by molar-refractivity contribution is 5.93. The van der Waals surface area contributed by atoms with Crippen molar-refractivity contribution in [2.45, 2.75) is 19.9 Å². The van der Waals surface area contributed by atoms with Crippen LogP contribution in [0.5, 0.6) is 0 Å². The molecule has 0 radical (unpaired) electrons. The van der Waals surface area contributed by atoms with E-state index < -0.39 is 0 Å². The molecule has 3 amide bonds. The molecule has 0 heterocycles. The van der Waals surface area contributed by atoms with E-state index in [0.717, 1.165) is 16.9 Å². The Morgan fingerprint density at radius 1 is 1.04 bits per heavy atom. The zero-order chi connectivity index (χ0) is 17.9. The molecule has 1 atom stereocenters. The lowest BCUT2D eigenvalue weighted by atomic mass is 10.1. The first-order valence-electron chi connectivity index (χ1n) is 8.12. The van der Waals surface area contributed by atoms with Gasteiger partial charge in [-0.2, -0.15) is 0 Å². The van der Waals surface area contributed by atoms with Crippen LogP contribution in [0.25, 0.3) is 0 Å². The number of carbonyl (C=O) groups is 3. The Kier molecular flexibility index (Phi) is 8.49. The average molecular weight is 335 g/mol. The fraction of sp³-hybridized carbons (Fsp3) is 0.471. The lowest BCUT2D eigenvalue weighted by molar-refractivity contribution is -0.885. The largest absolute Gasteiger partial charge is 0.355 e. The monoisotopic (exact) mass is 335 g/mol. The van der Waals surface area contributed by atoms with Crippen LogP contribution >= 0.6 is 0 Å². The first-order chi connectivity index (χ1) is 11.5. The molecule has 24 heavy (non-hydrogen) atoms. The number of rotatable bonds is 9. The predicted molar refractivity (Wildman–Crippen MR) is 91.6 cm³/mol. The molecule has 0 aromatic heterocycles. The van der Waals surface area contributed by atoms with Gasteiger partial charge in [0.1, 0.15) is 6.54 Å². The normalized spacial score (nSPS) is 11.5. The highest BCUT2D eigenvalue weighted by Crippen LogP contribution is 2.03. The molecule has 0 aliphatic heterocycles. The third-order valence-electron chi connectivity index (χ3n) is 3.43. The highest BCUT2D eigenvalue weighted by Gasteiger charge is 2.12. The van der Waals surface area contributed by atoms with Gasteiger partial charge in [-0.1, -0.05) is 19.1 Å². The van der Waals surface area contributed by atoms with Crippen molar-refractivity contribution in [2.24, 2.45) is 0 Å². The van der Waals surface area contributed by atoms with Gasteiger partial charge in [0.05, 0.1) is 13.6 Å². The van der Waals surface area contributed by atoms with E-state index in [1.165, 1.54) is 0 Å². The zero-order valence-electron chi connectivity index (χ0n) is 14.6. The summed E-state index contributed by atoms with van der Waals surface area (Å²) in [4.78, 5) is 35.7. The van der Waals surface area contributed by atoms with Crippen molar-refractivity contribution in [1.82, 2.24) is 16.0 Å². The molecular formula is C17H27N4O3+. The number of benzene rings is 1. The van der Waals surface area contributed by atoms with Gasteiger partial charge in [0.2, 0.25) is 5.91 Å². The van der Waals surface area contributed by atoms with E-state index >= 15 is 0 Å². The van der Waals surface area contributed by atoms with Crippen LogP contribution in [-0.2, 0) is 16.1 Å². The molecule has 0 aliphatic carbocycles. The van der Waals surface area contributed by atoms with Crippen LogP contribution in [0.2, 0.25) is 0 Å². The van der Waals surface area contributed by atoms with Crippen molar-refractivity contribution >= 4 is 17.7 Å². The summed E-state index contributed by atoms with van der Waals surface area (Å²) in [5.74, 6) is -0.461. The average Bonchev–Trinajstić information content (AvgIpc) is 2.57. The smallest absolute Gasteiger partial charge is 0.275 e. The minimum Gasteiger partial charge on any atom is -0.355 e. The maximum absolute atomic E-state index is 11.8. The van der Waals surface area contributed by atoms with Gasteiger partial charge in [-0.05, 0) is 18.6 Å². The molecule has 7 heteroatoms. The maximum atomic E-state index is 11.8. The van der Waals surface area contributed by atoms with E-state index in [1.807, 2.05) is 26.1 Å². The Balaban J connectivity index is 2.37. The third-order valence-corrected chi connectivity index (χ3v) is 3.43. The van der Waals surface area contributed by atoms with Crippen molar-refractivity contribution in [3.63, 3.8) is 0 Å². The number of hydrogen-bond acceptors (Lipinski definition) is 3. The van der Waals surface area contributed by atoms with Crippen LogP contribution in [0.15, 0.2) is 24.3 Å². The van der Waals surface area contributed by atoms with Crippen molar-refractivity contribution in [3.8, 4) is 0 Å². The summed E-state index contributed by atoms with van der Waals surface area (Å²) in [6.07, 6.45) is 0.866. The Bertz CT molecular complexity index is 557. The summed E-state index contributed by atoms with van der Waals surface area (Å²) in [6.45, 7) is 3.53. The minimum atomic E-state index is -0.173. The van der Waals surface area contributed by atoms with Crippen molar-refractivity contribution in [2.75, 3.05) is 33.7 Å². The fourth-order valence-corrected chi connectivity index (χ4v) is 2.17. The summed E-state index contributed by atoms with van der Waals surface area (Å²) in [5.41, 5.74) is 1.64. The van der Waals surface area contributed by atoms with Crippen molar-refractivity contribution in [3.05, 3.63) is 35.4 Å². The lowest BCUT2D eigenvalue weighted by Crippen LogP contribution is -3.08. The summed E-state index contributed by atoms with van der Waals surface area (Å²) in [5, 5.41) is 7.90. The van der Waals surface area contributed by atoms with Crippen LogP contribution in [0.4, 0.5) is 0 Å². The molecule has 0 fully saturated rings. The van der Waals surface area contributed by atoms with Crippen LogP contribution in [-0.4, -0.2) is 51.5 Å². The topological polar surface area (TPSA) is 91.7 Å². The summed E-state index contributed by atoms with van der Waals surface area (Å²) in [7, 11) is 3.50. The van der Waals surface area contributed by atoms with Crippen LogP contribution in [0.1, 0.15) is 29.3 Å². The van der Waals surface area contributed by atoms with Crippen molar-refractivity contribution in [1.29, 1.82) is 0 Å². The molecule has 1 aromatic carbocycles. The van der Waals surface area contributed by atoms with Crippen LogP contribution < -0.4 is 20.9 Å². The lowest BCUT2D eigenvalue weighted by Gasteiger charge is -2.14. The van der Waals surface area contributed by atoms with Gasteiger partial charge in [-0.3, -0.25) is 14.4 Å². The molecule has 132 valence electrons. The molecule has 0 aliphatic rings. The number of hydrogen-bond donors (Lipinski definition) is 4. The van der Waals surface area contributed by atoms with E-state index in [1.54, 1.807) is 19.2 Å².